The molecule has 1 aromatic carbocycles. The number of amides is 1. The van der Waals surface area contributed by atoms with Crippen molar-refractivity contribution >= 4 is 28.6 Å². The summed E-state index contributed by atoms with van der Waals surface area (Å²) in [7, 11) is 0. The van der Waals surface area contributed by atoms with E-state index in [0.717, 1.165) is 24.2 Å². The quantitative estimate of drug-likeness (QED) is 0.436. The summed E-state index contributed by atoms with van der Waals surface area (Å²) >= 11 is 1.17. The third-order valence-electron chi connectivity index (χ3n) is 3.26. The molecule has 0 saturated heterocycles. The predicted octanol–water partition coefficient (Wildman–Crippen LogP) is 3.23. The van der Waals surface area contributed by atoms with Gasteiger partial charge in [-0.2, -0.15) is 5.10 Å². The summed E-state index contributed by atoms with van der Waals surface area (Å²) in [5, 5.41) is 4.39. The fraction of sp³-hybridized carbons (Fsp3) is 0.353. The van der Waals surface area contributed by atoms with Crippen LogP contribution in [0.25, 0.3) is 0 Å². The lowest BCUT2D eigenvalue weighted by Crippen LogP contribution is -2.17. The van der Waals surface area contributed by atoms with E-state index in [4.69, 9.17) is 10.5 Å². The number of carbonyl (C=O) groups is 1. The molecule has 24 heavy (non-hydrogen) atoms. The number of unbranched alkanes of at least 4 members (excludes halogenated alkanes) is 1. The van der Waals surface area contributed by atoms with Crippen LogP contribution >= 0.6 is 11.3 Å². The first-order chi connectivity index (χ1) is 11.6. The van der Waals surface area contributed by atoms with Crippen LogP contribution in [0, 0.1) is 0 Å². The van der Waals surface area contributed by atoms with Crippen LogP contribution in [0.4, 0.5) is 5.13 Å². The third kappa shape index (κ3) is 5.06. The molecule has 6 nitrogen and oxygen atoms in total. The average Bonchev–Trinajstić information content (AvgIpc) is 2.96. The van der Waals surface area contributed by atoms with Gasteiger partial charge in [0.2, 0.25) is 0 Å². The highest BCUT2D eigenvalue weighted by Crippen LogP contribution is 2.20. The number of hydrogen-bond donors (Lipinski definition) is 2. The number of nitrogens with zero attached hydrogens (tertiary/aromatic N) is 2. The van der Waals surface area contributed by atoms with Gasteiger partial charge in [0.1, 0.15) is 10.6 Å². The summed E-state index contributed by atoms with van der Waals surface area (Å²) in [5.41, 5.74) is 9.71. The Balaban J connectivity index is 1.96. The van der Waals surface area contributed by atoms with Gasteiger partial charge in [-0.3, -0.25) is 4.79 Å². The molecule has 2 aromatic rings. The number of nitrogens with two attached hydrogens (primary N) is 1. The van der Waals surface area contributed by atoms with E-state index in [1.165, 1.54) is 11.3 Å². The molecule has 0 saturated carbocycles. The van der Waals surface area contributed by atoms with Crippen LogP contribution in [-0.4, -0.2) is 23.7 Å². The second-order valence-corrected chi connectivity index (χ2v) is 6.19. The topological polar surface area (TPSA) is 89.6 Å². The minimum absolute atomic E-state index is 0.298. The van der Waals surface area contributed by atoms with Gasteiger partial charge < -0.3 is 10.5 Å². The molecule has 0 aliphatic rings. The number of hydrazone groups is 1. The molecule has 128 valence electrons. The Labute approximate surface area is 145 Å². The SMILES string of the molecule is CCCCOc1cccc(/C=N\NC(=O)c2sc(N)nc2CC)c1. The van der Waals surface area contributed by atoms with Gasteiger partial charge in [-0.1, -0.05) is 43.7 Å². The average molecular weight is 346 g/mol. The Hall–Kier alpha value is -2.41. The predicted molar refractivity (Wildman–Crippen MR) is 97.8 cm³/mol. The highest BCUT2D eigenvalue weighted by molar-refractivity contribution is 7.17. The molecule has 7 heteroatoms. The molecule has 0 bridgehead atoms. The maximum absolute atomic E-state index is 12.1. The maximum Gasteiger partial charge on any atom is 0.283 e. The van der Waals surface area contributed by atoms with Crippen molar-refractivity contribution in [3.63, 3.8) is 0 Å². The van der Waals surface area contributed by atoms with Crippen LogP contribution in [-0.2, 0) is 6.42 Å². The number of hydrogen-bond acceptors (Lipinski definition) is 6. The minimum atomic E-state index is -0.298. The van der Waals surface area contributed by atoms with Crippen LogP contribution < -0.4 is 15.9 Å². The van der Waals surface area contributed by atoms with Gasteiger partial charge in [-0.25, -0.2) is 10.4 Å². The van der Waals surface area contributed by atoms with E-state index in [0.29, 0.717) is 28.7 Å². The van der Waals surface area contributed by atoms with E-state index >= 15 is 0 Å². The molecular weight excluding hydrogens is 324 g/mol. The second kappa shape index (κ2) is 9.02. The Morgan fingerprint density at radius 3 is 3.04 bits per heavy atom. The number of nitrogens with one attached hydrogen (secondary N) is 1. The number of rotatable bonds is 8. The van der Waals surface area contributed by atoms with Crippen molar-refractivity contribution in [2.24, 2.45) is 5.10 Å². The highest BCUT2D eigenvalue weighted by Gasteiger charge is 2.15. The van der Waals surface area contributed by atoms with Gasteiger partial charge in [-0.05, 0) is 30.5 Å². The first-order valence-corrected chi connectivity index (χ1v) is 8.77. The van der Waals surface area contributed by atoms with E-state index in [-0.39, 0.29) is 5.91 Å². The zero-order chi connectivity index (χ0) is 17.4. The Morgan fingerprint density at radius 2 is 2.29 bits per heavy atom. The molecule has 1 amide bonds. The number of nitrogen functional groups attached to an aromatic ring is 1. The molecule has 0 spiro atoms. The molecule has 1 heterocycles. The standard InChI is InChI=1S/C17H22N4O2S/c1-3-5-9-23-13-8-6-7-12(10-13)11-19-21-16(22)15-14(4-2)20-17(18)24-15/h6-8,10-11H,3-5,9H2,1-2H3,(H2,18,20)(H,21,22)/b19-11-. The van der Waals surface area contributed by atoms with E-state index in [2.05, 4.69) is 22.4 Å². The number of carbonyl (C=O) groups excluding carboxylic acids is 1. The van der Waals surface area contributed by atoms with Crippen LogP contribution in [0.2, 0.25) is 0 Å². The number of thiazole rings is 1. The monoisotopic (exact) mass is 346 g/mol. The van der Waals surface area contributed by atoms with Gasteiger partial charge >= 0.3 is 0 Å². The minimum Gasteiger partial charge on any atom is -0.494 e. The molecular formula is C17H22N4O2S. The molecule has 0 unspecified atom stereocenters. The summed E-state index contributed by atoms with van der Waals surface area (Å²) < 4.78 is 5.65. The van der Waals surface area contributed by atoms with E-state index in [9.17, 15) is 4.79 Å². The summed E-state index contributed by atoms with van der Waals surface area (Å²) in [6.07, 6.45) is 4.35. The van der Waals surface area contributed by atoms with Crippen molar-refractivity contribution in [2.75, 3.05) is 12.3 Å². The van der Waals surface area contributed by atoms with E-state index < -0.39 is 0 Å². The van der Waals surface area contributed by atoms with Gasteiger partial charge in [0, 0.05) is 0 Å². The maximum atomic E-state index is 12.1. The van der Waals surface area contributed by atoms with Crippen molar-refractivity contribution < 1.29 is 9.53 Å². The lowest BCUT2D eigenvalue weighted by Gasteiger charge is -2.05. The summed E-state index contributed by atoms with van der Waals surface area (Å²) in [6.45, 7) is 4.74. The molecule has 2 rings (SSSR count). The van der Waals surface area contributed by atoms with Crippen molar-refractivity contribution in [3.05, 3.63) is 40.4 Å². The van der Waals surface area contributed by atoms with Crippen LogP contribution in [0.15, 0.2) is 29.4 Å². The van der Waals surface area contributed by atoms with Crippen molar-refractivity contribution in [3.8, 4) is 5.75 Å². The fourth-order valence-electron chi connectivity index (χ4n) is 2.02. The van der Waals surface area contributed by atoms with E-state index in [1.807, 2.05) is 31.2 Å². The smallest absolute Gasteiger partial charge is 0.283 e. The number of aromatic nitrogens is 1. The number of anilines is 1. The van der Waals surface area contributed by atoms with Crippen molar-refractivity contribution in [1.29, 1.82) is 0 Å². The second-order valence-electron chi connectivity index (χ2n) is 5.16. The highest BCUT2D eigenvalue weighted by atomic mass is 32.1. The van der Waals surface area contributed by atoms with Crippen molar-refractivity contribution in [2.45, 2.75) is 33.1 Å². The molecule has 0 fully saturated rings. The van der Waals surface area contributed by atoms with Crippen LogP contribution in [0.1, 0.15) is 47.6 Å². The van der Waals surface area contributed by atoms with E-state index in [1.54, 1.807) is 6.21 Å². The Kier molecular flexibility index (Phi) is 6.74. The molecule has 3 N–H and O–H groups in total. The van der Waals surface area contributed by atoms with Crippen molar-refractivity contribution in [1.82, 2.24) is 10.4 Å². The summed E-state index contributed by atoms with van der Waals surface area (Å²) in [5.74, 6) is 0.495. The summed E-state index contributed by atoms with van der Waals surface area (Å²) in [4.78, 5) is 16.8. The largest absolute Gasteiger partial charge is 0.494 e. The van der Waals surface area contributed by atoms with Gasteiger partial charge in [0.15, 0.2) is 5.13 Å². The molecule has 0 aliphatic carbocycles. The normalized spacial score (nSPS) is 10.9. The number of aryl methyl sites for hydroxylation is 1. The van der Waals surface area contributed by atoms with Gasteiger partial charge in [-0.15, -0.1) is 0 Å². The first kappa shape index (κ1) is 17.9. The number of benzene rings is 1. The molecule has 1 aromatic heterocycles. The third-order valence-corrected chi connectivity index (χ3v) is 4.19. The van der Waals surface area contributed by atoms with Gasteiger partial charge in [0.05, 0.1) is 18.5 Å². The molecule has 0 atom stereocenters. The first-order valence-electron chi connectivity index (χ1n) is 7.95. The Morgan fingerprint density at radius 1 is 1.46 bits per heavy atom. The zero-order valence-electron chi connectivity index (χ0n) is 13.9. The van der Waals surface area contributed by atoms with Crippen LogP contribution in [0.3, 0.4) is 0 Å². The molecule has 0 radical (unpaired) electrons. The molecule has 0 aliphatic heterocycles. The number of ether oxygens (including phenoxy) is 1. The lowest BCUT2D eigenvalue weighted by molar-refractivity contribution is 0.0958. The lowest BCUT2D eigenvalue weighted by atomic mass is 10.2. The zero-order valence-corrected chi connectivity index (χ0v) is 14.7. The Bertz CT molecular complexity index is 712. The van der Waals surface area contributed by atoms with Crippen LogP contribution in [0.5, 0.6) is 5.75 Å². The fourth-order valence-corrected chi connectivity index (χ4v) is 2.83. The van der Waals surface area contributed by atoms with Gasteiger partial charge in [0.25, 0.3) is 5.91 Å². The summed E-state index contributed by atoms with van der Waals surface area (Å²) in [6, 6.07) is 7.57.